The van der Waals surface area contributed by atoms with Crippen LogP contribution in [0.25, 0.3) is 0 Å². The van der Waals surface area contributed by atoms with Gasteiger partial charge in [0.05, 0.1) is 13.5 Å². The minimum Gasteiger partial charge on any atom is -0.469 e. The predicted octanol–water partition coefficient (Wildman–Crippen LogP) is 1.10. The number of nitrogens with one attached hydrogen (secondary N) is 1. The highest BCUT2D eigenvalue weighted by Gasteiger charge is 2.00. The Hall–Kier alpha value is -0.940. The molecule has 0 fully saturated rings. The summed E-state index contributed by atoms with van der Waals surface area (Å²) in [7, 11) is 1.40. The molecule has 0 saturated heterocycles. The maximum Gasteiger partial charge on any atom is 0.306 e. The molecule has 0 spiro atoms. The van der Waals surface area contributed by atoms with Gasteiger partial charge >= 0.3 is 5.97 Å². The summed E-state index contributed by atoms with van der Waals surface area (Å²) in [5.41, 5.74) is 1.04. The molecule has 78 valence electrons. The molecule has 0 atom stereocenters. The number of aromatic nitrogens is 1. The van der Waals surface area contributed by atoms with Crippen molar-refractivity contribution in [3.05, 3.63) is 16.1 Å². The van der Waals surface area contributed by atoms with Gasteiger partial charge in [0.15, 0.2) is 0 Å². The van der Waals surface area contributed by atoms with Gasteiger partial charge in [-0.05, 0) is 6.92 Å². The first-order chi connectivity index (χ1) is 6.72. The van der Waals surface area contributed by atoms with E-state index < -0.39 is 0 Å². The van der Waals surface area contributed by atoms with Gasteiger partial charge in [0.1, 0.15) is 5.01 Å². The van der Waals surface area contributed by atoms with Gasteiger partial charge in [-0.3, -0.25) is 4.79 Å². The second-order valence-corrected chi connectivity index (χ2v) is 3.83. The molecule has 0 unspecified atom stereocenters. The number of nitrogens with zero attached hydrogens (tertiary/aromatic N) is 1. The Balaban J connectivity index is 2.13. The number of esters is 1. The molecule has 0 amide bonds. The Morgan fingerprint density at radius 3 is 3.07 bits per heavy atom. The highest BCUT2D eigenvalue weighted by molar-refractivity contribution is 7.09. The first-order valence-electron chi connectivity index (χ1n) is 4.41. The zero-order chi connectivity index (χ0) is 10.4. The maximum atomic E-state index is 10.8. The number of hydrogen-bond donors (Lipinski definition) is 1. The molecule has 1 rings (SSSR count). The Kier molecular flexibility index (Phi) is 4.55. The Labute approximate surface area is 87.3 Å². The van der Waals surface area contributed by atoms with Crippen LogP contribution in [0.3, 0.4) is 0 Å². The van der Waals surface area contributed by atoms with E-state index in [-0.39, 0.29) is 5.97 Å². The lowest BCUT2D eigenvalue weighted by Gasteiger charge is -2.00. The number of methoxy groups -OCH3 is 1. The van der Waals surface area contributed by atoms with Crippen LogP contribution in [0.1, 0.15) is 17.1 Å². The van der Waals surface area contributed by atoms with Crippen molar-refractivity contribution in [2.24, 2.45) is 0 Å². The van der Waals surface area contributed by atoms with Crippen LogP contribution < -0.4 is 5.32 Å². The Morgan fingerprint density at radius 1 is 1.71 bits per heavy atom. The third-order valence-electron chi connectivity index (χ3n) is 1.68. The fraction of sp³-hybridized carbons (Fsp3) is 0.556. The minimum absolute atomic E-state index is 0.187. The summed E-state index contributed by atoms with van der Waals surface area (Å²) in [6, 6.07) is 0. The summed E-state index contributed by atoms with van der Waals surface area (Å²) >= 11 is 1.62. The predicted molar refractivity (Wildman–Crippen MR) is 55.2 cm³/mol. The Morgan fingerprint density at radius 2 is 2.50 bits per heavy atom. The molecule has 4 nitrogen and oxygen atoms in total. The zero-order valence-corrected chi connectivity index (χ0v) is 9.19. The first-order valence-corrected chi connectivity index (χ1v) is 5.29. The molecule has 0 bridgehead atoms. The highest BCUT2D eigenvalue weighted by Crippen LogP contribution is 2.07. The molecule has 0 saturated carbocycles. The van der Waals surface area contributed by atoms with E-state index in [1.54, 1.807) is 11.3 Å². The summed E-state index contributed by atoms with van der Waals surface area (Å²) in [5.74, 6) is -0.187. The molecule has 1 aromatic rings. The Bertz CT molecular complexity index is 299. The minimum atomic E-state index is -0.187. The standard InChI is InChI=1S/C9H14N2O2S/c1-7-6-14-8(11-7)5-10-4-3-9(12)13-2/h6,10H,3-5H2,1-2H3. The van der Waals surface area contributed by atoms with Gasteiger partial charge in [-0.1, -0.05) is 0 Å². The lowest BCUT2D eigenvalue weighted by Crippen LogP contribution is -2.18. The van der Waals surface area contributed by atoms with Crippen LogP contribution in [-0.4, -0.2) is 24.6 Å². The molecule has 0 aromatic carbocycles. The van der Waals surface area contributed by atoms with Gasteiger partial charge < -0.3 is 10.1 Å². The van der Waals surface area contributed by atoms with Gasteiger partial charge in [0.25, 0.3) is 0 Å². The van der Waals surface area contributed by atoms with Crippen LogP contribution in [0.5, 0.6) is 0 Å². The number of carbonyl (C=O) groups is 1. The van der Waals surface area contributed by atoms with E-state index >= 15 is 0 Å². The average Bonchev–Trinajstić information content (AvgIpc) is 2.58. The van der Waals surface area contributed by atoms with E-state index in [0.717, 1.165) is 17.2 Å². The fourth-order valence-corrected chi connectivity index (χ4v) is 1.71. The lowest BCUT2D eigenvalue weighted by molar-refractivity contribution is -0.140. The molecule has 1 heterocycles. The van der Waals surface area contributed by atoms with E-state index in [1.807, 2.05) is 12.3 Å². The molecule has 0 aliphatic heterocycles. The zero-order valence-electron chi connectivity index (χ0n) is 8.37. The normalized spacial score (nSPS) is 10.1. The second-order valence-electron chi connectivity index (χ2n) is 2.89. The van der Waals surface area contributed by atoms with E-state index in [1.165, 1.54) is 7.11 Å². The van der Waals surface area contributed by atoms with Crippen molar-refractivity contribution in [2.45, 2.75) is 19.9 Å². The molecule has 14 heavy (non-hydrogen) atoms. The van der Waals surface area contributed by atoms with Crippen LogP contribution in [-0.2, 0) is 16.1 Å². The SMILES string of the molecule is COC(=O)CCNCc1nc(C)cs1. The van der Waals surface area contributed by atoms with E-state index in [4.69, 9.17) is 0 Å². The summed E-state index contributed by atoms with van der Waals surface area (Å²) in [4.78, 5) is 15.0. The number of rotatable bonds is 5. The van der Waals surface area contributed by atoms with E-state index in [9.17, 15) is 4.79 Å². The number of carbonyl (C=O) groups excluding carboxylic acids is 1. The molecule has 1 aromatic heterocycles. The van der Waals surface area contributed by atoms with Gasteiger partial charge in [0.2, 0.25) is 0 Å². The van der Waals surface area contributed by atoms with Crippen molar-refractivity contribution in [1.82, 2.24) is 10.3 Å². The quantitative estimate of drug-likeness (QED) is 0.589. The molecular weight excluding hydrogens is 200 g/mol. The second kappa shape index (κ2) is 5.72. The lowest BCUT2D eigenvalue weighted by atomic mass is 10.4. The van der Waals surface area contributed by atoms with Crippen molar-refractivity contribution in [3.8, 4) is 0 Å². The highest BCUT2D eigenvalue weighted by atomic mass is 32.1. The third-order valence-corrected chi connectivity index (χ3v) is 2.64. The molecule has 0 aliphatic rings. The summed E-state index contributed by atoms with van der Waals surface area (Å²) in [6.45, 7) is 3.31. The van der Waals surface area contributed by atoms with E-state index in [0.29, 0.717) is 13.0 Å². The number of aryl methyl sites for hydroxylation is 1. The summed E-state index contributed by atoms with van der Waals surface area (Å²) < 4.78 is 4.51. The van der Waals surface area contributed by atoms with E-state index in [2.05, 4.69) is 15.0 Å². The first kappa shape index (κ1) is 11.1. The van der Waals surface area contributed by atoms with Crippen LogP contribution in [0.4, 0.5) is 0 Å². The van der Waals surface area contributed by atoms with Gasteiger partial charge in [0, 0.05) is 24.2 Å². The van der Waals surface area contributed by atoms with Crippen molar-refractivity contribution < 1.29 is 9.53 Å². The molecule has 1 N–H and O–H groups in total. The number of hydrogen-bond acceptors (Lipinski definition) is 5. The van der Waals surface area contributed by atoms with Gasteiger partial charge in [-0.25, -0.2) is 4.98 Å². The van der Waals surface area contributed by atoms with Crippen molar-refractivity contribution in [3.63, 3.8) is 0 Å². The largest absolute Gasteiger partial charge is 0.469 e. The molecule has 0 radical (unpaired) electrons. The molecular formula is C9H14N2O2S. The van der Waals surface area contributed by atoms with Gasteiger partial charge in [-0.15, -0.1) is 11.3 Å². The molecule has 5 heteroatoms. The number of ether oxygens (including phenoxy) is 1. The third kappa shape index (κ3) is 3.85. The van der Waals surface area contributed by atoms with Crippen molar-refractivity contribution in [2.75, 3.05) is 13.7 Å². The van der Waals surface area contributed by atoms with Crippen LogP contribution in [0.15, 0.2) is 5.38 Å². The van der Waals surface area contributed by atoms with Crippen molar-refractivity contribution in [1.29, 1.82) is 0 Å². The average molecular weight is 214 g/mol. The van der Waals surface area contributed by atoms with Crippen LogP contribution >= 0.6 is 11.3 Å². The maximum absolute atomic E-state index is 10.8. The van der Waals surface area contributed by atoms with Crippen LogP contribution in [0.2, 0.25) is 0 Å². The smallest absolute Gasteiger partial charge is 0.306 e. The van der Waals surface area contributed by atoms with Crippen molar-refractivity contribution >= 4 is 17.3 Å². The monoisotopic (exact) mass is 214 g/mol. The number of thiazole rings is 1. The topological polar surface area (TPSA) is 51.2 Å². The molecule has 0 aliphatic carbocycles. The summed E-state index contributed by atoms with van der Waals surface area (Å²) in [5, 5.41) is 6.19. The van der Waals surface area contributed by atoms with Gasteiger partial charge in [-0.2, -0.15) is 0 Å². The van der Waals surface area contributed by atoms with Crippen LogP contribution in [0, 0.1) is 6.92 Å². The summed E-state index contributed by atoms with van der Waals surface area (Å²) in [6.07, 6.45) is 0.404. The fourth-order valence-electron chi connectivity index (χ4n) is 0.972.